The molecule has 1 aliphatic carbocycles. The molecule has 0 N–H and O–H groups in total. The van der Waals surface area contributed by atoms with E-state index in [4.69, 9.17) is 0 Å². The van der Waals surface area contributed by atoms with E-state index in [0.29, 0.717) is 0 Å². The zero-order chi connectivity index (χ0) is 46.9. The molecule has 1 heterocycles. The number of benzene rings is 12. The summed E-state index contributed by atoms with van der Waals surface area (Å²) < 4.78 is 2.46. The predicted octanol–water partition coefficient (Wildman–Crippen LogP) is 18.3. The Labute approximate surface area is 413 Å². The van der Waals surface area contributed by atoms with Crippen molar-refractivity contribution in [3.05, 3.63) is 301 Å². The molecule has 2 heteroatoms. The maximum atomic E-state index is 2.46. The minimum absolute atomic E-state index is 0.472. The lowest BCUT2D eigenvalue weighted by Crippen LogP contribution is -2.28. The molecule has 0 atom stereocenters. The number of hydrogen-bond donors (Lipinski definition) is 0. The molecule has 0 unspecified atom stereocenters. The van der Waals surface area contributed by atoms with Crippen LogP contribution in [0.4, 0.5) is 17.1 Å². The summed E-state index contributed by atoms with van der Waals surface area (Å²) in [5.74, 6) is 0. The van der Waals surface area contributed by atoms with E-state index in [0.717, 1.165) is 22.7 Å². The monoisotopic (exact) mass is 902 g/mol. The first-order valence-electron chi connectivity index (χ1n) is 24.6. The van der Waals surface area contributed by atoms with Crippen LogP contribution in [-0.2, 0) is 5.41 Å². The fourth-order valence-corrected chi connectivity index (χ4v) is 11.8. The highest BCUT2D eigenvalue weighted by Gasteiger charge is 2.46. The summed E-state index contributed by atoms with van der Waals surface area (Å²) in [5, 5.41) is 7.36. The van der Waals surface area contributed by atoms with Gasteiger partial charge < -0.3 is 9.47 Å². The van der Waals surface area contributed by atoms with Crippen LogP contribution in [0.15, 0.2) is 279 Å². The number of fused-ring (bicyclic) bond motifs is 8. The average molecular weight is 903 g/mol. The zero-order valence-corrected chi connectivity index (χ0v) is 39.0. The molecule has 0 fully saturated rings. The number of para-hydroxylation sites is 1. The summed E-state index contributed by atoms with van der Waals surface area (Å²) in [6, 6.07) is 103. The Balaban J connectivity index is 0.827. The van der Waals surface area contributed by atoms with Crippen molar-refractivity contribution in [1.82, 2.24) is 4.57 Å². The van der Waals surface area contributed by atoms with Gasteiger partial charge in [0.1, 0.15) is 0 Å². The van der Waals surface area contributed by atoms with Gasteiger partial charge in [-0.15, -0.1) is 0 Å². The molecule has 1 aliphatic rings. The fraction of sp³-hybridized carbons (Fsp3) is 0.0145. The van der Waals surface area contributed by atoms with Gasteiger partial charge in [-0.25, -0.2) is 0 Å². The lowest BCUT2D eigenvalue weighted by molar-refractivity contribution is 0.767. The number of hydrogen-bond acceptors (Lipinski definition) is 1. The second-order valence-corrected chi connectivity index (χ2v) is 18.8. The maximum absolute atomic E-state index is 2.46. The first-order valence-corrected chi connectivity index (χ1v) is 24.6. The Kier molecular flexibility index (Phi) is 9.47. The number of anilines is 3. The van der Waals surface area contributed by atoms with Crippen LogP contribution in [-0.4, -0.2) is 4.57 Å². The highest BCUT2D eigenvalue weighted by Crippen LogP contribution is 2.56. The first-order chi connectivity index (χ1) is 35.2. The summed E-state index contributed by atoms with van der Waals surface area (Å²) in [4.78, 5) is 2.39. The Morgan fingerprint density at radius 3 is 1.61 bits per heavy atom. The third-order valence-corrected chi connectivity index (χ3v) is 15.0. The Morgan fingerprint density at radius 2 is 0.845 bits per heavy atom. The highest BCUT2D eigenvalue weighted by atomic mass is 15.1. The largest absolute Gasteiger partial charge is 0.310 e. The molecule has 14 rings (SSSR count). The molecule has 2 nitrogen and oxygen atoms in total. The molecule has 13 aromatic rings. The normalized spacial score (nSPS) is 12.6. The first kappa shape index (κ1) is 40.8. The van der Waals surface area contributed by atoms with E-state index >= 15 is 0 Å². The van der Waals surface area contributed by atoms with E-state index in [-0.39, 0.29) is 0 Å². The van der Waals surface area contributed by atoms with Gasteiger partial charge in [-0.1, -0.05) is 218 Å². The third kappa shape index (κ3) is 6.49. The highest BCUT2D eigenvalue weighted by molar-refractivity contribution is 6.11. The molecular weight excluding hydrogens is 857 g/mol. The van der Waals surface area contributed by atoms with Crippen molar-refractivity contribution in [1.29, 1.82) is 0 Å². The second-order valence-electron chi connectivity index (χ2n) is 18.8. The lowest BCUT2D eigenvalue weighted by atomic mass is 9.67. The standard InChI is InChI=1S/C69H46N2/c1-3-20-54(21-4-1)69(55-22-5-2-6-23-55)64-27-13-11-25-60(64)61-42-41-58(46-65(61)69)71-67-28-14-12-26-62(67)63-45-53(37-43-68(63)71)50-32-30-48(31-33-50)49-34-38-56(39-35-49)70(57-40-36-47-16-7-8-18-52(47)44-57)66-29-15-19-51-17-9-10-24-59(51)66/h1-46H. The van der Waals surface area contributed by atoms with Crippen LogP contribution in [0.3, 0.4) is 0 Å². The van der Waals surface area contributed by atoms with Gasteiger partial charge in [-0.05, 0) is 132 Å². The molecule has 0 spiro atoms. The van der Waals surface area contributed by atoms with Crippen molar-refractivity contribution < 1.29 is 0 Å². The summed E-state index contributed by atoms with van der Waals surface area (Å²) in [7, 11) is 0. The third-order valence-electron chi connectivity index (χ3n) is 15.0. The lowest BCUT2D eigenvalue weighted by Gasteiger charge is -2.34. The van der Waals surface area contributed by atoms with Crippen LogP contribution in [0.2, 0.25) is 0 Å². The molecule has 0 aliphatic heterocycles. The van der Waals surface area contributed by atoms with Crippen molar-refractivity contribution in [3.63, 3.8) is 0 Å². The molecular formula is C69H46N2. The van der Waals surface area contributed by atoms with Gasteiger partial charge in [0.05, 0.1) is 22.1 Å². The maximum Gasteiger partial charge on any atom is 0.0714 e. The molecule has 71 heavy (non-hydrogen) atoms. The minimum Gasteiger partial charge on any atom is -0.310 e. The van der Waals surface area contributed by atoms with Crippen LogP contribution >= 0.6 is 0 Å². The fourth-order valence-electron chi connectivity index (χ4n) is 11.8. The Bertz CT molecular complexity index is 4100. The van der Waals surface area contributed by atoms with Crippen molar-refractivity contribution in [2.75, 3.05) is 4.90 Å². The van der Waals surface area contributed by atoms with Crippen LogP contribution in [0.1, 0.15) is 22.3 Å². The second kappa shape index (κ2) is 16.5. The molecule has 0 bridgehead atoms. The van der Waals surface area contributed by atoms with E-state index in [2.05, 4.69) is 289 Å². The molecule has 12 aromatic carbocycles. The molecule has 0 saturated heterocycles. The number of rotatable bonds is 8. The van der Waals surface area contributed by atoms with Crippen LogP contribution in [0.25, 0.3) is 82.4 Å². The van der Waals surface area contributed by atoms with Gasteiger partial charge in [0.2, 0.25) is 0 Å². The minimum atomic E-state index is -0.472. The van der Waals surface area contributed by atoms with E-state index in [1.807, 2.05) is 0 Å². The topological polar surface area (TPSA) is 8.17 Å². The molecule has 1 aromatic heterocycles. The Hall–Kier alpha value is -9.24. The number of aromatic nitrogens is 1. The van der Waals surface area contributed by atoms with Crippen molar-refractivity contribution in [3.8, 4) is 39.1 Å². The van der Waals surface area contributed by atoms with Crippen molar-refractivity contribution in [2.45, 2.75) is 5.41 Å². The summed E-state index contributed by atoms with van der Waals surface area (Å²) in [6.45, 7) is 0. The summed E-state index contributed by atoms with van der Waals surface area (Å²) in [5.41, 5.74) is 18.9. The quantitative estimate of drug-likeness (QED) is 0.147. The van der Waals surface area contributed by atoms with Crippen LogP contribution < -0.4 is 4.90 Å². The Morgan fingerprint density at radius 1 is 0.296 bits per heavy atom. The van der Waals surface area contributed by atoms with Crippen LogP contribution in [0.5, 0.6) is 0 Å². The van der Waals surface area contributed by atoms with Crippen molar-refractivity contribution in [2.24, 2.45) is 0 Å². The number of nitrogens with zero attached hydrogens (tertiary/aromatic N) is 2. The van der Waals surface area contributed by atoms with Gasteiger partial charge in [0.25, 0.3) is 0 Å². The van der Waals surface area contributed by atoms with Gasteiger partial charge in [-0.3, -0.25) is 0 Å². The van der Waals surface area contributed by atoms with Gasteiger partial charge in [0.15, 0.2) is 0 Å². The average Bonchev–Trinajstić information content (AvgIpc) is 3.94. The zero-order valence-electron chi connectivity index (χ0n) is 39.0. The summed E-state index contributed by atoms with van der Waals surface area (Å²) >= 11 is 0. The predicted molar refractivity (Wildman–Crippen MR) is 299 cm³/mol. The van der Waals surface area contributed by atoms with Gasteiger partial charge in [-0.2, -0.15) is 0 Å². The van der Waals surface area contributed by atoms with Gasteiger partial charge >= 0.3 is 0 Å². The van der Waals surface area contributed by atoms with Crippen molar-refractivity contribution >= 4 is 60.4 Å². The van der Waals surface area contributed by atoms with E-state index in [1.165, 1.54) is 99.0 Å². The molecule has 0 radical (unpaired) electrons. The van der Waals surface area contributed by atoms with Gasteiger partial charge in [0, 0.05) is 33.2 Å². The SMILES string of the molecule is c1ccc(C2(c3ccccc3)c3ccccc3-c3ccc(-n4c5ccccc5c5cc(-c6ccc(-c7ccc(N(c8ccc9ccccc9c8)c8cccc9ccccc89)cc7)cc6)ccc54)cc32)cc1. The molecule has 0 amide bonds. The van der Waals surface area contributed by atoms with Crippen LogP contribution in [0, 0.1) is 0 Å². The smallest absolute Gasteiger partial charge is 0.0714 e. The summed E-state index contributed by atoms with van der Waals surface area (Å²) in [6.07, 6.45) is 0. The van der Waals surface area contributed by atoms with E-state index in [1.54, 1.807) is 0 Å². The molecule has 0 saturated carbocycles. The van der Waals surface area contributed by atoms with E-state index in [9.17, 15) is 0 Å². The molecule has 332 valence electrons. The van der Waals surface area contributed by atoms with E-state index < -0.39 is 5.41 Å².